The molecular formula is C11H15N5O4. The normalized spacial score (nSPS) is 15.5. The first kappa shape index (κ1) is 14.0. The zero-order valence-electron chi connectivity index (χ0n) is 11.1. The predicted octanol–water partition coefficient (Wildman–Crippen LogP) is -0.130. The number of carboxylic acids is 1. The lowest BCUT2D eigenvalue weighted by Crippen LogP contribution is -2.41. The van der Waals surface area contributed by atoms with Gasteiger partial charge in [-0.1, -0.05) is 5.21 Å². The van der Waals surface area contributed by atoms with Gasteiger partial charge in [0.15, 0.2) is 5.69 Å². The molecule has 108 valence electrons. The van der Waals surface area contributed by atoms with Crippen molar-refractivity contribution in [2.24, 2.45) is 0 Å². The zero-order valence-corrected chi connectivity index (χ0v) is 11.1. The molecule has 1 atom stereocenters. The van der Waals surface area contributed by atoms with Gasteiger partial charge in [-0.15, -0.1) is 5.10 Å². The van der Waals surface area contributed by atoms with Crippen LogP contribution in [0.1, 0.15) is 47.9 Å². The van der Waals surface area contributed by atoms with Crippen LogP contribution in [0.2, 0.25) is 0 Å². The van der Waals surface area contributed by atoms with E-state index in [0.717, 1.165) is 12.8 Å². The minimum Gasteiger partial charge on any atom is -0.476 e. The Morgan fingerprint density at radius 1 is 1.40 bits per heavy atom. The molecule has 0 aliphatic heterocycles. The smallest absolute Gasteiger partial charge is 0.358 e. The van der Waals surface area contributed by atoms with E-state index in [0.29, 0.717) is 5.69 Å². The first-order valence-corrected chi connectivity index (χ1v) is 6.16. The van der Waals surface area contributed by atoms with E-state index in [1.807, 2.05) is 0 Å². The fourth-order valence-corrected chi connectivity index (χ4v) is 1.87. The van der Waals surface area contributed by atoms with Crippen molar-refractivity contribution in [1.82, 2.24) is 25.6 Å². The number of aromatic nitrogens is 3. The second-order valence-corrected chi connectivity index (χ2v) is 4.59. The molecule has 0 saturated heterocycles. The molecule has 3 amide bonds. The van der Waals surface area contributed by atoms with Crippen molar-refractivity contribution in [2.45, 2.75) is 31.7 Å². The van der Waals surface area contributed by atoms with Gasteiger partial charge >= 0.3 is 12.0 Å². The van der Waals surface area contributed by atoms with Crippen molar-refractivity contribution < 1.29 is 19.5 Å². The fourth-order valence-electron chi connectivity index (χ4n) is 1.87. The first-order chi connectivity index (χ1) is 9.45. The third-order valence-corrected chi connectivity index (χ3v) is 3.11. The Kier molecular flexibility index (Phi) is 3.68. The maximum Gasteiger partial charge on any atom is 0.358 e. The van der Waals surface area contributed by atoms with E-state index in [-0.39, 0.29) is 11.6 Å². The minimum atomic E-state index is -1.17. The number of urea groups is 1. The van der Waals surface area contributed by atoms with Gasteiger partial charge in [-0.2, -0.15) is 0 Å². The van der Waals surface area contributed by atoms with Crippen molar-refractivity contribution in [2.75, 3.05) is 7.05 Å². The van der Waals surface area contributed by atoms with Crippen LogP contribution >= 0.6 is 0 Å². The van der Waals surface area contributed by atoms with E-state index >= 15 is 0 Å². The quantitative estimate of drug-likeness (QED) is 0.705. The number of aromatic carboxylic acids is 1. The Morgan fingerprint density at radius 2 is 2.05 bits per heavy atom. The summed E-state index contributed by atoms with van der Waals surface area (Å²) in [4.78, 5) is 34.1. The highest BCUT2D eigenvalue weighted by atomic mass is 16.4. The lowest BCUT2D eigenvalue weighted by atomic mass is 10.2. The maximum absolute atomic E-state index is 11.9. The summed E-state index contributed by atoms with van der Waals surface area (Å²) in [6, 6.07) is -1.45. The number of hydrogen-bond donors (Lipinski definition) is 3. The van der Waals surface area contributed by atoms with Crippen LogP contribution in [0.3, 0.4) is 0 Å². The standard InChI is InChI=1S/C11H15N5O4/c1-5(9(17)13-11(20)12-2)16-8(6-3-4-6)7(10(18)19)14-15-16/h5-6H,3-4H2,1-2H3,(H,18,19)(H2,12,13,17,20). The molecule has 1 unspecified atom stereocenters. The van der Waals surface area contributed by atoms with Gasteiger partial charge in [0.1, 0.15) is 6.04 Å². The third-order valence-electron chi connectivity index (χ3n) is 3.11. The van der Waals surface area contributed by atoms with Crippen LogP contribution in [0.4, 0.5) is 4.79 Å². The second kappa shape index (κ2) is 5.27. The van der Waals surface area contributed by atoms with E-state index < -0.39 is 23.9 Å². The number of nitrogens with one attached hydrogen (secondary N) is 2. The molecule has 1 fully saturated rings. The van der Waals surface area contributed by atoms with E-state index in [9.17, 15) is 14.4 Å². The number of hydrogen-bond acceptors (Lipinski definition) is 5. The van der Waals surface area contributed by atoms with Crippen molar-refractivity contribution in [3.05, 3.63) is 11.4 Å². The van der Waals surface area contributed by atoms with Crippen LogP contribution < -0.4 is 10.6 Å². The van der Waals surface area contributed by atoms with Crippen molar-refractivity contribution in [3.63, 3.8) is 0 Å². The molecule has 1 aromatic heterocycles. The van der Waals surface area contributed by atoms with Crippen LogP contribution in [0.15, 0.2) is 0 Å². The summed E-state index contributed by atoms with van der Waals surface area (Å²) >= 11 is 0. The molecule has 1 aliphatic rings. The molecule has 0 aromatic carbocycles. The number of amides is 3. The third kappa shape index (κ3) is 2.60. The summed E-state index contributed by atoms with van der Waals surface area (Å²) in [5.74, 6) is -1.68. The van der Waals surface area contributed by atoms with Crippen LogP contribution in [0, 0.1) is 0 Å². The number of nitrogens with zero attached hydrogens (tertiary/aromatic N) is 3. The molecule has 0 spiro atoms. The monoisotopic (exact) mass is 281 g/mol. The topological polar surface area (TPSA) is 126 Å². The Labute approximate surface area is 114 Å². The molecule has 9 heteroatoms. The fraction of sp³-hybridized carbons (Fsp3) is 0.545. The average molecular weight is 281 g/mol. The van der Waals surface area contributed by atoms with Crippen molar-refractivity contribution in [3.8, 4) is 0 Å². The van der Waals surface area contributed by atoms with Gasteiger partial charge in [0.25, 0.3) is 5.91 Å². The number of imide groups is 1. The van der Waals surface area contributed by atoms with Gasteiger partial charge < -0.3 is 10.4 Å². The predicted molar refractivity (Wildman–Crippen MR) is 66.3 cm³/mol. The summed E-state index contributed by atoms with van der Waals surface area (Å²) < 4.78 is 1.28. The summed E-state index contributed by atoms with van der Waals surface area (Å²) in [5, 5.41) is 20.8. The molecule has 20 heavy (non-hydrogen) atoms. The van der Waals surface area contributed by atoms with Crippen LogP contribution in [-0.2, 0) is 4.79 Å². The summed E-state index contributed by atoms with van der Waals surface area (Å²) in [6.45, 7) is 1.53. The molecule has 1 aliphatic carbocycles. The van der Waals surface area contributed by atoms with Gasteiger partial charge in [0.05, 0.1) is 5.69 Å². The number of carbonyl (C=O) groups excluding carboxylic acids is 2. The molecule has 9 nitrogen and oxygen atoms in total. The molecule has 1 heterocycles. The van der Waals surface area contributed by atoms with Crippen molar-refractivity contribution in [1.29, 1.82) is 0 Å². The summed E-state index contributed by atoms with van der Waals surface area (Å²) in [7, 11) is 1.39. The molecule has 3 N–H and O–H groups in total. The van der Waals surface area contributed by atoms with E-state index in [4.69, 9.17) is 5.11 Å². The molecule has 1 saturated carbocycles. The van der Waals surface area contributed by atoms with E-state index in [1.165, 1.54) is 18.7 Å². The van der Waals surface area contributed by atoms with Gasteiger partial charge in [0, 0.05) is 13.0 Å². The average Bonchev–Trinajstić information content (AvgIpc) is 3.15. The molecular weight excluding hydrogens is 266 g/mol. The second-order valence-electron chi connectivity index (χ2n) is 4.59. The van der Waals surface area contributed by atoms with Gasteiger partial charge in [-0.05, 0) is 19.8 Å². The largest absolute Gasteiger partial charge is 0.476 e. The first-order valence-electron chi connectivity index (χ1n) is 6.16. The Balaban J connectivity index is 2.26. The molecule has 0 bridgehead atoms. The van der Waals surface area contributed by atoms with Gasteiger partial charge in [0.2, 0.25) is 0 Å². The molecule has 0 radical (unpaired) electrons. The minimum absolute atomic E-state index is 0.0614. The molecule has 1 aromatic rings. The van der Waals surface area contributed by atoms with Gasteiger partial charge in [-0.3, -0.25) is 10.1 Å². The molecule has 2 rings (SSSR count). The number of carbonyl (C=O) groups is 3. The Bertz CT molecular complexity index is 563. The highest BCUT2D eigenvalue weighted by molar-refractivity contribution is 5.96. The highest BCUT2D eigenvalue weighted by Crippen LogP contribution is 2.41. The number of carboxylic acid groups (broad SMARTS) is 1. The van der Waals surface area contributed by atoms with Crippen molar-refractivity contribution >= 4 is 17.9 Å². The van der Waals surface area contributed by atoms with Crippen LogP contribution in [0.5, 0.6) is 0 Å². The maximum atomic E-state index is 11.9. The summed E-state index contributed by atoms with van der Waals surface area (Å²) in [6.07, 6.45) is 1.69. The number of rotatable bonds is 4. The van der Waals surface area contributed by atoms with Gasteiger partial charge in [-0.25, -0.2) is 14.3 Å². The van der Waals surface area contributed by atoms with Crippen LogP contribution in [0.25, 0.3) is 0 Å². The lowest BCUT2D eigenvalue weighted by Gasteiger charge is -2.14. The Hall–Kier alpha value is -2.45. The Morgan fingerprint density at radius 3 is 2.55 bits per heavy atom. The van der Waals surface area contributed by atoms with E-state index in [2.05, 4.69) is 20.9 Å². The SMILES string of the molecule is CNC(=O)NC(=O)C(C)n1nnc(C(=O)O)c1C1CC1. The zero-order chi connectivity index (χ0) is 14.9. The summed E-state index contributed by atoms with van der Waals surface area (Å²) in [5.41, 5.74) is 0.309. The van der Waals surface area contributed by atoms with E-state index in [1.54, 1.807) is 0 Å². The van der Waals surface area contributed by atoms with Crippen LogP contribution in [-0.4, -0.2) is 45.1 Å². The highest BCUT2D eigenvalue weighted by Gasteiger charge is 2.36. The lowest BCUT2D eigenvalue weighted by molar-refractivity contribution is -0.123.